The van der Waals surface area contributed by atoms with Gasteiger partial charge in [0.1, 0.15) is 0 Å². The van der Waals surface area contributed by atoms with E-state index in [1.54, 1.807) is 6.92 Å². The van der Waals surface area contributed by atoms with Crippen LogP contribution in [0.25, 0.3) is 0 Å². The summed E-state index contributed by atoms with van der Waals surface area (Å²) in [5, 5.41) is 2.74. The number of thiocarbonyl (C=S) groups is 1. The van der Waals surface area contributed by atoms with Gasteiger partial charge < -0.3 is 11.1 Å². The Morgan fingerprint density at radius 3 is 2.47 bits per heavy atom. The molecule has 0 heterocycles. The molecule has 1 rings (SSSR count). The Balaban J connectivity index is 2.66. The lowest BCUT2D eigenvalue weighted by Crippen LogP contribution is -2.30. The van der Waals surface area contributed by atoms with Gasteiger partial charge in [-0.3, -0.25) is 4.79 Å². The SMILES string of the molecule is CC(C(=O)Nc1ccc(I)cc1)C(N)=S. The van der Waals surface area contributed by atoms with Gasteiger partial charge in [-0.25, -0.2) is 0 Å². The topological polar surface area (TPSA) is 55.1 Å². The summed E-state index contributed by atoms with van der Waals surface area (Å²) in [4.78, 5) is 11.8. The molecule has 3 N–H and O–H groups in total. The first kappa shape index (κ1) is 12.4. The normalized spacial score (nSPS) is 11.9. The van der Waals surface area contributed by atoms with Crippen LogP contribution in [0.5, 0.6) is 0 Å². The average Bonchev–Trinajstić information content (AvgIpc) is 2.20. The molecule has 0 fully saturated rings. The molecule has 1 atom stereocenters. The Kier molecular flexibility index (Phi) is 4.46. The largest absolute Gasteiger partial charge is 0.393 e. The van der Waals surface area contributed by atoms with Gasteiger partial charge in [-0.05, 0) is 53.8 Å². The summed E-state index contributed by atoms with van der Waals surface area (Å²) in [7, 11) is 0. The molecule has 0 aromatic heterocycles. The number of benzene rings is 1. The number of hydrogen-bond acceptors (Lipinski definition) is 2. The third kappa shape index (κ3) is 3.75. The third-order valence-electron chi connectivity index (χ3n) is 1.93. The number of nitrogens with one attached hydrogen (secondary N) is 1. The number of amides is 1. The summed E-state index contributed by atoms with van der Waals surface area (Å²) in [5.74, 6) is -0.622. The van der Waals surface area contributed by atoms with Crippen LogP contribution in [0.1, 0.15) is 6.92 Å². The van der Waals surface area contributed by atoms with E-state index in [1.165, 1.54) is 0 Å². The smallest absolute Gasteiger partial charge is 0.234 e. The number of halogens is 1. The third-order valence-corrected chi connectivity index (χ3v) is 3.00. The lowest BCUT2D eigenvalue weighted by Gasteiger charge is -2.10. The molecule has 0 bridgehead atoms. The van der Waals surface area contributed by atoms with Crippen LogP contribution in [-0.4, -0.2) is 10.9 Å². The molecule has 15 heavy (non-hydrogen) atoms. The van der Waals surface area contributed by atoms with Crippen LogP contribution in [0.15, 0.2) is 24.3 Å². The summed E-state index contributed by atoms with van der Waals surface area (Å²) in [5.41, 5.74) is 6.14. The summed E-state index contributed by atoms with van der Waals surface area (Å²) in [6.07, 6.45) is 0. The van der Waals surface area contributed by atoms with Crippen molar-refractivity contribution < 1.29 is 4.79 Å². The molecule has 1 aromatic carbocycles. The molecule has 0 aliphatic carbocycles. The Bertz CT molecular complexity index is 378. The molecule has 0 aliphatic rings. The van der Waals surface area contributed by atoms with Gasteiger partial charge in [0.2, 0.25) is 5.91 Å². The van der Waals surface area contributed by atoms with E-state index in [0.29, 0.717) is 0 Å². The number of rotatable bonds is 3. The second-order valence-electron chi connectivity index (χ2n) is 3.12. The number of carbonyl (C=O) groups is 1. The van der Waals surface area contributed by atoms with Gasteiger partial charge in [0, 0.05) is 9.26 Å². The molecule has 0 spiro atoms. The minimum Gasteiger partial charge on any atom is -0.393 e. The minimum atomic E-state index is -0.445. The van der Waals surface area contributed by atoms with Crippen LogP contribution in [0, 0.1) is 9.49 Å². The first-order valence-corrected chi connectivity index (χ1v) is 5.85. The van der Waals surface area contributed by atoms with Crippen LogP contribution in [-0.2, 0) is 4.79 Å². The summed E-state index contributed by atoms with van der Waals surface area (Å²) in [6.45, 7) is 1.68. The second kappa shape index (κ2) is 5.41. The van der Waals surface area contributed by atoms with Gasteiger partial charge in [-0.1, -0.05) is 12.2 Å². The Morgan fingerprint density at radius 1 is 1.47 bits per heavy atom. The molecule has 0 aliphatic heterocycles. The van der Waals surface area contributed by atoms with Crippen molar-refractivity contribution >= 4 is 51.4 Å². The highest BCUT2D eigenvalue weighted by Crippen LogP contribution is 2.12. The predicted molar refractivity (Wildman–Crippen MR) is 73.7 cm³/mol. The molecule has 1 unspecified atom stereocenters. The van der Waals surface area contributed by atoms with Crippen LogP contribution >= 0.6 is 34.8 Å². The maximum atomic E-state index is 11.6. The Labute approximate surface area is 108 Å². The molecular formula is C10H11IN2OS. The van der Waals surface area contributed by atoms with E-state index in [0.717, 1.165) is 9.26 Å². The maximum Gasteiger partial charge on any atom is 0.234 e. The lowest BCUT2D eigenvalue weighted by molar-refractivity contribution is -0.117. The summed E-state index contributed by atoms with van der Waals surface area (Å²) in [6, 6.07) is 7.52. The van der Waals surface area contributed by atoms with E-state index in [2.05, 4.69) is 27.9 Å². The standard InChI is InChI=1S/C10H11IN2OS/c1-6(9(12)15)10(14)13-8-4-2-7(11)3-5-8/h2-6H,1H3,(H2,12,15)(H,13,14). The molecular weight excluding hydrogens is 323 g/mol. The van der Waals surface area contributed by atoms with Crippen molar-refractivity contribution in [2.75, 3.05) is 5.32 Å². The Hall–Kier alpha value is -0.690. The molecule has 1 aromatic rings. The number of anilines is 1. The molecule has 0 radical (unpaired) electrons. The fourth-order valence-corrected chi connectivity index (χ4v) is 1.38. The van der Waals surface area contributed by atoms with E-state index in [1.807, 2.05) is 24.3 Å². The fraction of sp³-hybridized carbons (Fsp3) is 0.200. The molecule has 1 amide bonds. The van der Waals surface area contributed by atoms with Gasteiger partial charge in [0.25, 0.3) is 0 Å². The van der Waals surface area contributed by atoms with Gasteiger partial charge in [0.15, 0.2) is 0 Å². The molecule has 0 saturated heterocycles. The van der Waals surface area contributed by atoms with Crippen LogP contribution in [0.4, 0.5) is 5.69 Å². The molecule has 3 nitrogen and oxygen atoms in total. The van der Waals surface area contributed by atoms with Crippen molar-refractivity contribution in [1.29, 1.82) is 0 Å². The van der Waals surface area contributed by atoms with E-state index < -0.39 is 5.92 Å². The summed E-state index contributed by atoms with van der Waals surface area (Å²) < 4.78 is 1.12. The van der Waals surface area contributed by atoms with Crippen LogP contribution < -0.4 is 11.1 Å². The zero-order valence-electron chi connectivity index (χ0n) is 8.16. The average molecular weight is 334 g/mol. The maximum absolute atomic E-state index is 11.6. The van der Waals surface area contributed by atoms with E-state index >= 15 is 0 Å². The molecule has 0 saturated carbocycles. The van der Waals surface area contributed by atoms with Crippen LogP contribution in [0.3, 0.4) is 0 Å². The van der Waals surface area contributed by atoms with Crippen molar-refractivity contribution in [3.63, 3.8) is 0 Å². The fourth-order valence-electron chi connectivity index (χ4n) is 0.913. The highest BCUT2D eigenvalue weighted by Gasteiger charge is 2.15. The number of carbonyl (C=O) groups excluding carboxylic acids is 1. The summed E-state index contributed by atoms with van der Waals surface area (Å²) >= 11 is 6.95. The Morgan fingerprint density at radius 2 is 2.00 bits per heavy atom. The minimum absolute atomic E-state index is 0.177. The van der Waals surface area contributed by atoms with Crippen molar-refractivity contribution in [2.45, 2.75) is 6.92 Å². The van der Waals surface area contributed by atoms with Gasteiger partial charge >= 0.3 is 0 Å². The van der Waals surface area contributed by atoms with E-state index in [-0.39, 0.29) is 10.9 Å². The van der Waals surface area contributed by atoms with E-state index in [9.17, 15) is 4.79 Å². The first-order chi connectivity index (χ1) is 7.00. The van der Waals surface area contributed by atoms with Crippen LogP contribution in [0.2, 0.25) is 0 Å². The van der Waals surface area contributed by atoms with E-state index in [4.69, 9.17) is 18.0 Å². The van der Waals surface area contributed by atoms with Gasteiger partial charge in [-0.2, -0.15) is 0 Å². The second-order valence-corrected chi connectivity index (χ2v) is 4.84. The highest BCUT2D eigenvalue weighted by atomic mass is 127. The van der Waals surface area contributed by atoms with Crippen molar-refractivity contribution in [3.8, 4) is 0 Å². The predicted octanol–water partition coefficient (Wildman–Crippen LogP) is 2.15. The monoisotopic (exact) mass is 334 g/mol. The molecule has 80 valence electrons. The van der Waals surface area contributed by atoms with Crippen molar-refractivity contribution in [3.05, 3.63) is 27.8 Å². The highest BCUT2D eigenvalue weighted by molar-refractivity contribution is 14.1. The van der Waals surface area contributed by atoms with Gasteiger partial charge in [-0.15, -0.1) is 0 Å². The molecule has 5 heteroatoms. The van der Waals surface area contributed by atoms with Crippen molar-refractivity contribution in [2.24, 2.45) is 11.7 Å². The van der Waals surface area contributed by atoms with Crippen molar-refractivity contribution in [1.82, 2.24) is 0 Å². The lowest BCUT2D eigenvalue weighted by atomic mass is 10.1. The zero-order chi connectivity index (χ0) is 11.4. The first-order valence-electron chi connectivity index (χ1n) is 4.36. The zero-order valence-corrected chi connectivity index (χ0v) is 11.1. The number of nitrogens with two attached hydrogens (primary N) is 1. The quantitative estimate of drug-likeness (QED) is 0.658. The number of hydrogen-bond donors (Lipinski definition) is 2. The van der Waals surface area contributed by atoms with Gasteiger partial charge in [0.05, 0.1) is 10.9 Å².